The van der Waals surface area contributed by atoms with Crippen LogP contribution < -0.4 is 10.5 Å². The summed E-state index contributed by atoms with van der Waals surface area (Å²) in [6.45, 7) is 2.16. The van der Waals surface area contributed by atoms with Crippen molar-refractivity contribution in [2.24, 2.45) is 0 Å². The Balaban J connectivity index is 1.66. The molecule has 1 heterocycles. The van der Waals surface area contributed by atoms with Crippen LogP contribution >= 0.6 is 0 Å². The van der Waals surface area contributed by atoms with Crippen molar-refractivity contribution in [3.05, 3.63) is 41.1 Å². The zero-order valence-electron chi connectivity index (χ0n) is 14.5. The van der Waals surface area contributed by atoms with Crippen LogP contribution in [0.15, 0.2) is 24.4 Å². The number of aromatic nitrogens is 1. The zero-order chi connectivity index (χ0) is 16.5. The van der Waals surface area contributed by atoms with E-state index in [0.29, 0.717) is 6.10 Å². The van der Waals surface area contributed by atoms with Crippen molar-refractivity contribution in [3.8, 4) is 17.0 Å². The van der Waals surface area contributed by atoms with Gasteiger partial charge in [0.15, 0.2) is 0 Å². The van der Waals surface area contributed by atoms with Crippen molar-refractivity contribution in [3.63, 3.8) is 0 Å². The number of nitrogen functional groups attached to an aromatic ring is 1. The van der Waals surface area contributed by atoms with E-state index in [1.165, 1.54) is 42.4 Å². The molecule has 2 aliphatic rings. The average Bonchev–Trinajstić information content (AvgIpc) is 3.05. The second kappa shape index (κ2) is 6.46. The highest BCUT2D eigenvalue weighted by atomic mass is 16.5. The molecule has 0 radical (unpaired) electrons. The lowest BCUT2D eigenvalue weighted by molar-refractivity contribution is 0.149. The number of aryl methyl sites for hydroxylation is 2. The van der Waals surface area contributed by atoms with Crippen LogP contribution in [0.2, 0.25) is 0 Å². The van der Waals surface area contributed by atoms with Crippen molar-refractivity contribution in [2.75, 3.05) is 5.73 Å². The first kappa shape index (κ1) is 15.5. The van der Waals surface area contributed by atoms with E-state index in [4.69, 9.17) is 10.5 Å². The molecule has 2 aliphatic carbocycles. The minimum absolute atomic E-state index is 0.319. The maximum atomic E-state index is 6.54. The molecule has 0 aliphatic heterocycles. The summed E-state index contributed by atoms with van der Waals surface area (Å²) < 4.78 is 6.14. The summed E-state index contributed by atoms with van der Waals surface area (Å²) in [6.07, 6.45) is 11.8. The highest BCUT2D eigenvalue weighted by Gasteiger charge is 2.20. The van der Waals surface area contributed by atoms with Gasteiger partial charge in [0, 0.05) is 23.5 Å². The number of benzene rings is 1. The molecule has 0 unspecified atom stereocenters. The molecular weight excluding hydrogens is 296 g/mol. The summed E-state index contributed by atoms with van der Waals surface area (Å²) in [5.74, 6) is 0.735. The first-order chi connectivity index (χ1) is 11.7. The highest BCUT2D eigenvalue weighted by Crippen LogP contribution is 2.38. The number of hydrogen-bond donors (Lipinski definition) is 1. The molecule has 4 rings (SSSR count). The molecule has 2 aromatic rings. The van der Waals surface area contributed by atoms with E-state index >= 15 is 0 Å². The Labute approximate surface area is 144 Å². The van der Waals surface area contributed by atoms with E-state index in [-0.39, 0.29) is 0 Å². The van der Waals surface area contributed by atoms with Gasteiger partial charge in [0.25, 0.3) is 0 Å². The number of nitrogens with two attached hydrogens (primary N) is 1. The first-order valence-corrected chi connectivity index (χ1v) is 9.26. The topological polar surface area (TPSA) is 48.1 Å². The van der Waals surface area contributed by atoms with Gasteiger partial charge < -0.3 is 10.5 Å². The normalized spacial score (nSPS) is 17.7. The molecule has 0 saturated heterocycles. The molecule has 0 bridgehead atoms. The molecule has 3 nitrogen and oxygen atoms in total. The summed E-state index contributed by atoms with van der Waals surface area (Å²) in [7, 11) is 0. The fraction of sp³-hybridized carbons (Fsp3) is 0.476. The lowest BCUT2D eigenvalue weighted by atomic mass is 9.93. The fourth-order valence-corrected chi connectivity index (χ4v) is 4.30. The predicted octanol–water partition coefficient (Wildman–Crippen LogP) is 4.84. The Morgan fingerprint density at radius 2 is 1.92 bits per heavy atom. The van der Waals surface area contributed by atoms with Gasteiger partial charge in [-0.15, -0.1) is 0 Å². The van der Waals surface area contributed by atoms with Gasteiger partial charge in [-0.25, -0.2) is 4.98 Å². The molecule has 1 aromatic carbocycles. The predicted molar refractivity (Wildman–Crippen MR) is 98.3 cm³/mol. The largest absolute Gasteiger partial charge is 0.474 e. The van der Waals surface area contributed by atoms with E-state index in [1.807, 2.05) is 12.3 Å². The average molecular weight is 322 g/mol. The third kappa shape index (κ3) is 2.88. The van der Waals surface area contributed by atoms with Crippen LogP contribution in [-0.2, 0) is 12.8 Å². The molecule has 126 valence electrons. The zero-order valence-corrected chi connectivity index (χ0v) is 14.5. The molecule has 2 N–H and O–H groups in total. The third-order valence-corrected chi connectivity index (χ3v) is 5.50. The summed E-state index contributed by atoms with van der Waals surface area (Å²) in [6, 6.07) is 6.43. The SMILES string of the molecule is Cc1cc2c(c(N)c1-c1ccnc(OC3CCCCC3)c1)CCC2. The van der Waals surface area contributed by atoms with Gasteiger partial charge in [0.05, 0.1) is 0 Å². The maximum Gasteiger partial charge on any atom is 0.214 e. The summed E-state index contributed by atoms with van der Waals surface area (Å²) >= 11 is 0. The molecule has 0 atom stereocenters. The molecule has 1 aromatic heterocycles. The lowest BCUT2D eigenvalue weighted by Crippen LogP contribution is -2.20. The van der Waals surface area contributed by atoms with Gasteiger partial charge in [-0.2, -0.15) is 0 Å². The first-order valence-electron chi connectivity index (χ1n) is 9.26. The number of anilines is 1. The van der Waals surface area contributed by atoms with Crippen LogP contribution in [0.1, 0.15) is 55.2 Å². The minimum Gasteiger partial charge on any atom is -0.474 e. The van der Waals surface area contributed by atoms with Crippen molar-refractivity contribution in [1.82, 2.24) is 4.98 Å². The van der Waals surface area contributed by atoms with Gasteiger partial charge in [0.1, 0.15) is 6.10 Å². The Morgan fingerprint density at radius 3 is 2.75 bits per heavy atom. The van der Waals surface area contributed by atoms with Crippen molar-refractivity contribution < 1.29 is 4.74 Å². The van der Waals surface area contributed by atoms with Crippen molar-refractivity contribution >= 4 is 5.69 Å². The smallest absolute Gasteiger partial charge is 0.214 e. The summed E-state index contributed by atoms with van der Waals surface area (Å²) in [5, 5.41) is 0. The second-order valence-corrected chi connectivity index (χ2v) is 7.23. The summed E-state index contributed by atoms with van der Waals surface area (Å²) in [4.78, 5) is 4.43. The fourth-order valence-electron chi connectivity index (χ4n) is 4.30. The number of fused-ring (bicyclic) bond motifs is 1. The van der Waals surface area contributed by atoms with Crippen LogP contribution in [0.25, 0.3) is 11.1 Å². The second-order valence-electron chi connectivity index (χ2n) is 7.23. The van der Waals surface area contributed by atoms with Crippen LogP contribution in [-0.4, -0.2) is 11.1 Å². The Kier molecular flexibility index (Phi) is 4.17. The van der Waals surface area contributed by atoms with Crippen molar-refractivity contribution in [1.29, 1.82) is 0 Å². The Bertz CT molecular complexity index is 748. The van der Waals surface area contributed by atoms with Gasteiger partial charge in [-0.05, 0) is 80.2 Å². The Morgan fingerprint density at radius 1 is 1.08 bits per heavy atom. The molecule has 3 heteroatoms. The van der Waals surface area contributed by atoms with Gasteiger partial charge in [-0.3, -0.25) is 0 Å². The maximum absolute atomic E-state index is 6.54. The lowest BCUT2D eigenvalue weighted by Gasteiger charge is -2.22. The minimum atomic E-state index is 0.319. The number of hydrogen-bond acceptors (Lipinski definition) is 3. The standard InChI is InChI=1S/C21H26N2O/c1-14-12-15-6-5-9-18(15)21(22)20(14)16-10-11-23-19(13-16)24-17-7-3-2-4-8-17/h10-13,17H,2-9,22H2,1H3. The van der Waals surface area contributed by atoms with E-state index in [2.05, 4.69) is 24.0 Å². The quantitative estimate of drug-likeness (QED) is 0.823. The van der Waals surface area contributed by atoms with Crippen molar-refractivity contribution in [2.45, 2.75) is 64.4 Å². The number of ether oxygens (including phenoxy) is 1. The molecule has 1 saturated carbocycles. The van der Waals surface area contributed by atoms with Gasteiger partial charge in [-0.1, -0.05) is 12.5 Å². The van der Waals surface area contributed by atoms with E-state index in [0.717, 1.165) is 48.4 Å². The van der Waals surface area contributed by atoms with Crippen LogP contribution in [0.3, 0.4) is 0 Å². The highest BCUT2D eigenvalue weighted by molar-refractivity contribution is 5.83. The van der Waals surface area contributed by atoms with E-state index in [9.17, 15) is 0 Å². The Hall–Kier alpha value is -2.03. The van der Waals surface area contributed by atoms with E-state index in [1.54, 1.807) is 0 Å². The van der Waals surface area contributed by atoms with Crippen LogP contribution in [0, 0.1) is 6.92 Å². The monoisotopic (exact) mass is 322 g/mol. The van der Waals surface area contributed by atoms with Gasteiger partial charge >= 0.3 is 0 Å². The number of rotatable bonds is 3. The molecule has 0 amide bonds. The van der Waals surface area contributed by atoms with Crippen LogP contribution in [0.4, 0.5) is 5.69 Å². The van der Waals surface area contributed by atoms with Crippen LogP contribution in [0.5, 0.6) is 5.88 Å². The number of pyridine rings is 1. The van der Waals surface area contributed by atoms with Gasteiger partial charge in [0.2, 0.25) is 5.88 Å². The van der Waals surface area contributed by atoms with E-state index < -0.39 is 0 Å². The number of nitrogens with zero attached hydrogens (tertiary/aromatic N) is 1. The molecular formula is C21H26N2O. The third-order valence-electron chi connectivity index (χ3n) is 5.50. The molecule has 1 fully saturated rings. The summed E-state index contributed by atoms with van der Waals surface area (Å²) in [5.41, 5.74) is 13.8. The molecule has 24 heavy (non-hydrogen) atoms. The molecule has 0 spiro atoms.